The second kappa shape index (κ2) is 6.41. The first-order valence-electron chi connectivity index (χ1n) is 10.1. The maximum atomic E-state index is 13.1. The van der Waals surface area contributed by atoms with E-state index in [-0.39, 0.29) is 24.0 Å². The van der Waals surface area contributed by atoms with Gasteiger partial charge in [0.15, 0.2) is 0 Å². The molecule has 4 fully saturated rings. The number of piperidine rings is 4. The van der Waals surface area contributed by atoms with Gasteiger partial charge in [0.1, 0.15) is 6.10 Å². The molecule has 5 unspecified atom stereocenters. The smallest absolute Gasteiger partial charge is 0.339 e. The molecule has 4 aliphatic heterocycles. The van der Waals surface area contributed by atoms with Gasteiger partial charge in [-0.2, -0.15) is 0 Å². The highest BCUT2D eigenvalue weighted by Crippen LogP contribution is 2.43. The van der Waals surface area contributed by atoms with E-state index in [9.17, 15) is 9.59 Å². The van der Waals surface area contributed by atoms with Crippen molar-refractivity contribution in [2.45, 2.75) is 56.7 Å². The van der Waals surface area contributed by atoms with Gasteiger partial charge in [-0.3, -0.25) is 9.69 Å². The Hall–Kier alpha value is -1.82. The van der Waals surface area contributed by atoms with Crippen molar-refractivity contribution < 1.29 is 14.3 Å². The van der Waals surface area contributed by atoms with E-state index >= 15 is 0 Å². The minimum absolute atomic E-state index is 0.0814. The van der Waals surface area contributed by atoms with Crippen LogP contribution in [-0.2, 0) is 9.53 Å². The molecule has 0 radical (unpaired) electrons. The largest absolute Gasteiger partial charge is 0.459 e. The number of hydrogen-bond acceptors (Lipinski definition) is 4. The summed E-state index contributed by atoms with van der Waals surface area (Å²) in [4.78, 5) is 33.0. The number of fused-ring (bicyclic) bond motifs is 6. The van der Waals surface area contributed by atoms with Gasteiger partial charge in [0.25, 0.3) is 0 Å². The van der Waals surface area contributed by atoms with Crippen molar-refractivity contribution in [2.75, 3.05) is 19.6 Å². The molecule has 5 heterocycles. The Bertz CT molecular complexity index is 688. The van der Waals surface area contributed by atoms with Gasteiger partial charge in [-0.1, -0.05) is 0 Å². The molecule has 2 bridgehead atoms. The lowest BCUT2D eigenvalue weighted by Gasteiger charge is -2.56. The lowest BCUT2D eigenvalue weighted by molar-refractivity contribution is -0.161. The third-order valence-electron chi connectivity index (χ3n) is 7.00. The van der Waals surface area contributed by atoms with Gasteiger partial charge in [0, 0.05) is 50.5 Å². The number of H-pyrrole nitrogens is 1. The SMILES string of the molecule is O=C(OC1CCN2CC3CC(C(=O)N4CCCCC34)C2C1)c1cc[nH]c1. The van der Waals surface area contributed by atoms with Crippen molar-refractivity contribution >= 4 is 11.9 Å². The molecule has 0 aromatic carbocycles. The summed E-state index contributed by atoms with van der Waals surface area (Å²) in [6, 6.07) is 2.45. The van der Waals surface area contributed by atoms with Crippen LogP contribution in [0.4, 0.5) is 0 Å². The summed E-state index contributed by atoms with van der Waals surface area (Å²) in [6.45, 7) is 2.98. The summed E-state index contributed by atoms with van der Waals surface area (Å²) >= 11 is 0. The first-order chi connectivity index (χ1) is 12.7. The van der Waals surface area contributed by atoms with Crippen LogP contribution >= 0.6 is 0 Å². The summed E-state index contributed by atoms with van der Waals surface area (Å²) in [5, 5.41) is 0. The number of amides is 1. The van der Waals surface area contributed by atoms with E-state index in [2.05, 4.69) is 14.8 Å². The molecule has 140 valence electrons. The average molecular weight is 357 g/mol. The molecule has 5 atom stereocenters. The number of ether oxygens (including phenoxy) is 1. The van der Waals surface area contributed by atoms with E-state index < -0.39 is 0 Å². The quantitative estimate of drug-likeness (QED) is 0.823. The topological polar surface area (TPSA) is 65.6 Å². The molecule has 4 saturated heterocycles. The molecule has 1 aromatic heterocycles. The van der Waals surface area contributed by atoms with Gasteiger partial charge in [0.05, 0.1) is 11.5 Å². The Morgan fingerprint density at radius 3 is 2.92 bits per heavy atom. The molecule has 5 rings (SSSR count). The number of aromatic nitrogens is 1. The maximum absolute atomic E-state index is 13.1. The maximum Gasteiger partial charge on any atom is 0.339 e. The summed E-state index contributed by atoms with van der Waals surface area (Å²) in [7, 11) is 0. The number of esters is 1. The third-order valence-corrected chi connectivity index (χ3v) is 7.00. The van der Waals surface area contributed by atoms with Gasteiger partial charge in [-0.15, -0.1) is 0 Å². The monoisotopic (exact) mass is 357 g/mol. The molecular formula is C20H27N3O3. The molecule has 0 spiro atoms. The number of hydrogen-bond donors (Lipinski definition) is 1. The van der Waals surface area contributed by atoms with Crippen molar-refractivity contribution in [3.8, 4) is 0 Å². The summed E-state index contributed by atoms with van der Waals surface area (Å²) in [5.41, 5.74) is 0.570. The van der Waals surface area contributed by atoms with Crippen LogP contribution in [0.2, 0.25) is 0 Å². The Morgan fingerprint density at radius 2 is 2.08 bits per heavy atom. The molecule has 26 heavy (non-hydrogen) atoms. The highest BCUT2D eigenvalue weighted by Gasteiger charge is 2.52. The van der Waals surface area contributed by atoms with E-state index in [1.54, 1.807) is 18.5 Å². The zero-order chi connectivity index (χ0) is 17.7. The second-order valence-electron chi connectivity index (χ2n) is 8.41. The molecule has 0 aliphatic carbocycles. The van der Waals surface area contributed by atoms with Crippen molar-refractivity contribution in [3.63, 3.8) is 0 Å². The standard InChI is InChI=1S/C20H27N3O3/c24-19-16-9-14(17-3-1-2-7-23(17)19)12-22-8-5-15(10-18(16)22)26-20(25)13-4-6-21-11-13/h4,6,11,14-18,21H,1-3,5,7-10,12H2. The minimum Gasteiger partial charge on any atom is -0.459 e. The van der Waals surface area contributed by atoms with Gasteiger partial charge in [-0.25, -0.2) is 4.79 Å². The summed E-state index contributed by atoms with van der Waals surface area (Å²) < 4.78 is 5.75. The number of nitrogens with one attached hydrogen (secondary N) is 1. The fourth-order valence-electron chi connectivity index (χ4n) is 5.77. The van der Waals surface area contributed by atoms with Crippen LogP contribution < -0.4 is 0 Å². The van der Waals surface area contributed by atoms with Crippen LogP contribution in [0.3, 0.4) is 0 Å². The van der Waals surface area contributed by atoms with Gasteiger partial charge in [-0.05, 0) is 44.1 Å². The van der Waals surface area contributed by atoms with Crippen LogP contribution in [-0.4, -0.2) is 64.5 Å². The Labute approximate surface area is 153 Å². The van der Waals surface area contributed by atoms with E-state index in [1.807, 2.05) is 0 Å². The van der Waals surface area contributed by atoms with Gasteiger partial charge >= 0.3 is 5.97 Å². The first kappa shape index (κ1) is 16.4. The van der Waals surface area contributed by atoms with Gasteiger partial charge < -0.3 is 14.6 Å². The molecular weight excluding hydrogens is 330 g/mol. The van der Waals surface area contributed by atoms with E-state index in [0.29, 0.717) is 23.4 Å². The normalized spacial score (nSPS) is 37.0. The molecule has 0 saturated carbocycles. The van der Waals surface area contributed by atoms with E-state index in [1.165, 1.54) is 12.8 Å². The Kier molecular flexibility index (Phi) is 4.03. The Balaban J connectivity index is 1.30. The minimum atomic E-state index is -0.260. The average Bonchev–Trinajstić information content (AvgIpc) is 3.21. The number of carbonyl (C=O) groups excluding carboxylic acids is 2. The van der Waals surface area contributed by atoms with Crippen LogP contribution in [0.1, 0.15) is 48.9 Å². The predicted molar refractivity (Wildman–Crippen MR) is 95.5 cm³/mol. The molecule has 1 amide bonds. The number of aromatic amines is 1. The van der Waals surface area contributed by atoms with Gasteiger partial charge in [0.2, 0.25) is 5.91 Å². The first-order valence-corrected chi connectivity index (χ1v) is 10.1. The molecule has 4 aliphatic rings. The van der Waals surface area contributed by atoms with Crippen LogP contribution in [0.15, 0.2) is 18.5 Å². The summed E-state index contributed by atoms with van der Waals surface area (Å²) in [6.07, 6.45) is 9.59. The summed E-state index contributed by atoms with van der Waals surface area (Å²) in [5.74, 6) is 0.827. The number of carbonyl (C=O) groups is 2. The fraction of sp³-hybridized carbons (Fsp3) is 0.700. The van der Waals surface area contributed by atoms with Crippen LogP contribution in [0.5, 0.6) is 0 Å². The molecule has 1 N–H and O–H groups in total. The second-order valence-corrected chi connectivity index (χ2v) is 8.41. The fourth-order valence-corrected chi connectivity index (χ4v) is 5.77. The van der Waals surface area contributed by atoms with Crippen molar-refractivity contribution in [1.29, 1.82) is 0 Å². The zero-order valence-corrected chi connectivity index (χ0v) is 15.1. The zero-order valence-electron chi connectivity index (χ0n) is 15.1. The van der Waals surface area contributed by atoms with E-state index in [0.717, 1.165) is 45.3 Å². The van der Waals surface area contributed by atoms with Crippen molar-refractivity contribution in [2.24, 2.45) is 11.8 Å². The lowest BCUT2D eigenvalue weighted by atomic mass is 9.70. The third kappa shape index (κ3) is 2.66. The predicted octanol–water partition coefficient (Wildman–Crippen LogP) is 2.04. The van der Waals surface area contributed by atoms with E-state index in [4.69, 9.17) is 4.74 Å². The van der Waals surface area contributed by atoms with Crippen molar-refractivity contribution in [3.05, 3.63) is 24.0 Å². The Morgan fingerprint density at radius 1 is 1.15 bits per heavy atom. The number of nitrogens with zero attached hydrogens (tertiary/aromatic N) is 2. The van der Waals surface area contributed by atoms with Crippen LogP contribution in [0.25, 0.3) is 0 Å². The van der Waals surface area contributed by atoms with Crippen molar-refractivity contribution in [1.82, 2.24) is 14.8 Å². The lowest BCUT2D eigenvalue weighted by Crippen LogP contribution is -2.66. The molecule has 6 nitrogen and oxygen atoms in total. The highest BCUT2D eigenvalue weighted by atomic mass is 16.5. The van der Waals surface area contributed by atoms with Crippen LogP contribution in [0, 0.1) is 11.8 Å². The molecule has 6 heteroatoms. The number of rotatable bonds is 2. The highest BCUT2D eigenvalue weighted by molar-refractivity contribution is 5.89. The molecule has 1 aromatic rings.